The maximum absolute atomic E-state index is 15.4. The fourth-order valence-corrected chi connectivity index (χ4v) is 8.49. The van der Waals surface area contributed by atoms with Gasteiger partial charge in [-0.15, -0.1) is 13.2 Å². The Morgan fingerprint density at radius 2 is 1.77 bits per heavy atom. The molecule has 3 atom stereocenters. The molecule has 2 aliphatic rings. The Balaban J connectivity index is 1.34. The van der Waals surface area contributed by atoms with Crippen LogP contribution < -0.4 is 20.3 Å². The van der Waals surface area contributed by atoms with Crippen LogP contribution in [0, 0.1) is 17.6 Å². The van der Waals surface area contributed by atoms with E-state index in [1.165, 1.54) is 19.2 Å². The van der Waals surface area contributed by atoms with Crippen molar-refractivity contribution >= 4 is 55.2 Å². The van der Waals surface area contributed by atoms with Gasteiger partial charge in [-0.05, 0) is 60.4 Å². The highest BCUT2D eigenvalue weighted by Gasteiger charge is 2.67. The Hall–Kier alpha value is -5.84. The van der Waals surface area contributed by atoms with Crippen LogP contribution in [0.25, 0.3) is 27.5 Å². The van der Waals surface area contributed by atoms with Gasteiger partial charge in [-0.25, -0.2) is 31.0 Å². The lowest BCUT2D eigenvalue weighted by molar-refractivity contribution is -0.274. The average Bonchev–Trinajstić information content (AvgIpc) is 3.66. The Bertz CT molecular complexity index is 2930. The number of carbonyl (C=O) groups excluding carboxylic acids is 1. The van der Waals surface area contributed by atoms with Crippen LogP contribution in [0.4, 0.5) is 45.3 Å². The summed E-state index contributed by atoms with van der Waals surface area (Å²) in [6.07, 6.45) is -8.29. The third-order valence-corrected chi connectivity index (χ3v) is 10.9. The van der Waals surface area contributed by atoms with Gasteiger partial charge in [-0.2, -0.15) is 19.0 Å². The van der Waals surface area contributed by atoms with Crippen molar-refractivity contribution in [3.05, 3.63) is 104 Å². The van der Waals surface area contributed by atoms with Gasteiger partial charge < -0.3 is 10.1 Å². The number of amides is 1. The molecule has 1 unspecified atom stereocenters. The molecule has 2 N–H and O–H groups in total. The Morgan fingerprint density at radius 3 is 2.42 bits per heavy atom. The monoisotopic (exact) mass is 888 g/mol. The van der Waals surface area contributed by atoms with Crippen LogP contribution in [-0.2, 0) is 40.8 Å². The molecule has 3 heterocycles. The van der Waals surface area contributed by atoms with Crippen LogP contribution in [-0.4, -0.2) is 56.1 Å². The number of fused-ring (bicyclic) bond motifs is 5. The molecule has 1 saturated carbocycles. The number of halogens is 10. The first-order chi connectivity index (χ1) is 28.0. The van der Waals surface area contributed by atoms with Crippen LogP contribution in [0.5, 0.6) is 5.75 Å². The fraction of sp³-hybridized carbons (Fsp3) is 0.306. The number of anilines is 1. The van der Waals surface area contributed by atoms with Gasteiger partial charge in [0.2, 0.25) is 15.9 Å². The molecule has 24 heteroatoms. The minimum Gasteiger partial charge on any atom is -0.406 e. The number of nitrogens with one attached hydrogen (secondary N) is 2. The topological polar surface area (TPSA) is 155 Å². The SMILES string of the molecule is Cn1nc(NS(C)(=O)=O)c2c(Cl)ccc(-n3c(C(Cc4cc(F)cc(F)c4)NC(=O)Cn4nc(C(F)F)c5c4C(F)(F)[C@@H]4C[C@H]54)nc4ccc(OC(F)(F)F)cc4c3=O)c21. The van der Waals surface area contributed by atoms with E-state index in [1.807, 2.05) is 0 Å². The number of nitrogens with zero attached hydrogens (tertiary/aromatic N) is 6. The van der Waals surface area contributed by atoms with E-state index in [1.54, 1.807) is 0 Å². The zero-order valence-electron chi connectivity index (χ0n) is 30.5. The lowest BCUT2D eigenvalue weighted by atomic mass is 10.0. The summed E-state index contributed by atoms with van der Waals surface area (Å²) in [5, 5.41) is 9.65. The van der Waals surface area contributed by atoms with E-state index in [2.05, 4.69) is 30.0 Å². The molecule has 6 aromatic rings. The minimum atomic E-state index is -5.19. The molecule has 0 spiro atoms. The number of carbonyl (C=O) groups is 1. The van der Waals surface area contributed by atoms with E-state index in [9.17, 15) is 48.7 Å². The van der Waals surface area contributed by atoms with Gasteiger partial charge in [-0.3, -0.25) is 28.2 Å². The van der Waals surface area contributed by atoms with Gasteiger partial charge in [0.15, 0.2) is 5.82 Å². The summed E-state index contributed by atoms with van der Waals surface area (Å²) in [6, 6.07) is 5.61. The second-order valence-electron chi connectivity index (χ2n) is 14.3. The summed E-state index contributed by atoms with van der Waals surface area (Å²) < 4.78 is 161. The van der Waals surface area contributed by atoms with Crippen molar-refractivity contribution in [1.82, 2.24) is 34.4 Å². The summed E-state index contributed by atoms with van der Waals surface area (Å²) in [7, 11) is -2.67. The number of ether oxygens (including phenoxy) is 1. The number of sulfonamides is 1. The molecule has 3 aromatic heterocycles. The van der Waals surface area contributed by atoms with Crippen molar-refractivity contribution in [2.75, 3.05) is 11.0 Å². The molecule has 0 aliphatic heterocycles. The van der Waals surface area contributed by atoms with Crippen molar-refractivity contribution in [1.29, 1.82) is 0 Å². The smallest absolute Gasteiger partial charge is 0.406 e. The van der Waals surface area contributed by atoms with Crippen LogP contribution in [0.15, 0.2) is 53.3 Å². The molecular weight excluding hydrogens is 863 g/mol. The molecule has 0 bridgehead atoms. The molecule has 1 amide bonds. The van der Waals surface area contributed by atoms with E-state index < -0.39 is 111 Å². The van der Waals surface area contributed by atoms with Gasteiger partial charge in [0, 0.05) is 31.0 Å². The third kappa shape index (κ3) is 7.36. The lowest BCUT2D eigenvalue weighted by Crippen LogP contribution is -2.38. The van der Waals surface area contributed by atoms with E-state index in [0.29, 0.717) is 10.7 Å². The Labute approximate surface area is 335 Å². The zero-order chi connectivity index (χ0) is 43.4. The molecule has 8 rings (SSSR count). The largest absolute Gasteiger partial charge is 0.573 e. The molecule has 1 fully saturated rings. The summed E-state index contributed by atoms with van der Waals surface area (Å²) in [4.78, 5) is 33.1. The maximum atomic E-state index is 15.4. The van der Waals surface area contributed by atoms with Gasteiger partial charge in [-0.1, -0.05) is 11.6 Å². The molecule has 0 saturated heterocycles. The van der Waals surface area contributed by atoms with E-state index in [4.69, 9.17) is 11.6 Å². The van der Waals surface area contributed by atoms with E-state index >= 15 is 8.78 Å². The second-order valence-corrected chi connectivity index (χ2v) is 16.4. The first kappa shape index (κ1) is 40.9. The van der Waals surface area contributed by atoms with Crippen LogP contribution in [0.3, 0.4) is 0 Å². The van der Waals surface area contributed by atoms with E-state index in [-0.39, 0.29) is 50.5 Å². The zero-order valence-corrected chi connectivity index (χ0v) is 32.0. The highest BCUT2D eigenvalue weighted by Crippen LogP contribution is 2.68. The number of alkyl halides is 7. The van der Waals surface area contributed by atoms with E-state index in [0.717, 1.165) is 45.8 Å². The highest BCUT2D eigenvalue weighted by molar-refractivity contribution is 7.92. The van der Waals surface area contributed by atoms with Crippen LogP contribution in [0.2, 0.25) is 5.02 Å². The number of hydrogen-bond acceptors (Lipinski definition) is 8. The van der Waals surface area contributed by atoms with Gasteiger partial charge in [0.25, 0.3) is 17.9 Å². The van der Waals surface area contributed by atoms with Crippen LogP contribution >= 0.6 is 11.6 Å². The third-order valence-electron chi connectivity index (χ3n) is 10.0. The molecule has 3 aromatic carbocycles. The number of aromatic nitrogens is 6. The first-order valence-corrected chi connectivity index (χ1v) is 19.7. The van der Waals surface area contributed by atoms with Gasteiger partial charge >= 0.3 is 6.36 Å². The summed E-state index contributed by atoms with van der Waals surface area (Å²) in [6.45, 7) is -1.08. The molecule has 2 aliphatic carbocycles. The minimum absolute atomic E-state index is 0.0562. The van der Waals surface area contributed by atoms with Crippen LogP contribution in [0.1, 0.15) is 53.1 Å². The Morgan fingerprint density at radius 1 is 1.07 bits per heavy atom. The summed E-state index contributed by atoms with van der Waals surface area (Å²) in [5.41, 5.74) is -3.99. The molecule has 316 valence electrons. The maximum Gasteiger partial charge on any atom is 0.573 e. The Kier molecular flexibility index (Phi) is 9.64. The molecule has 0 radical (unpaired) electrons. The van der Waals surface area contributed by atoms with Gasteiger partial charge in [0.1, 0.15) is 41.1 Å². The fourth-order valence-electron chi connectivity index (χ4n) is 7.76. The normalized spacial score (nSPS) is 17.6. The predicted octanol–water partition coefficient (Wildman–Crippen LogP) is 6.92. The van der Waals surface area contributed by atoms with Gasteiger partial charge in [0.05, 0.1) is 44.8 Å². The predicted molar refractivity (Wildman–Crippen MR) is 195 cm³/mol. The number of aryl methyl sites for hydroxylation is 1. The first-order valence-electron chi connectivity index (χ1n) is 17.5. The number of rotatable bonds is 11. The second kappa shape index (κ2) is 14.1. The molecule has 13 nitrogen and oxygen atoms in total. The molecular formula is C36H26ClF9N8O5S. The summed E-state index contributed by atoms with van der Waals surface area (Å²) >= 11 is 6.51. The number of hydrogen-bond donors (Lipinski definition) is 2. The standard InChI is InChI=1S/C36H26ClF9N8O5S/c1-52-29-24(6-4-21(37)27(29)32(50-52)51-60(2,57)58)54-33(48-22-5-3-17(59-36(44,45)46)11-19(22)34(54)56)23(9-14-7-15(38)10-16(39)8-14)47-25(55)13-53-30-26(28(49-53)31(40)41)18-12-20(18)35(30,42)43/h3-8,10-11,18,20,23,31H,9,12-13H2,1-2H3,(H,47,55)(H,50,51)/t18-,20+,23?/m0/s1. The lowest BCUT2D eigenvalue weighted by Gasteiger charge is -2.24. The van der Waals surface area contributed by atoms with Crippen molar-refractivity contribution in [3.8, 4) is 11.4 Å². The number of benzene rings is 3. The highest BCUT2D eigenvalue weighted by atomic mass is 35.5. The average molecular weight is 889 g/mol. The molecule has 60 heavy (non-hydrogen) atoms. The quantitative estimate of drug-likeness (QED) is 0.133. The van der Waals surface area contributed by atoms with Crippen molar-refractivity contribution < 1.29 is 57.5 Å². The van der Waals surface area contributed by atoms with Crippen molar-refractivity contribution in [3.63, 3.8) is 0 Å². The summed E-state index contributed by atoms with van der Waals surface area (Å²) in [5.74, 6) is -10.7. The van der Waals surface area contributed by atoms with Crippen molar-refractivity contribution in [2.45, 2.75) is 50.1 Å². The van der Waals surface area contributed by atoms with Crippen molar-refractivity contribution in [2.24, 2.45) is 13.0 Å².